The van der Waals surface area contributed by atoms with Gasteiger partial charge in [0, 0.05) is 23.8 Å². The van der Waals surface area contributed by atoms with Crippen molar-refractivity contribution in [1.82, 2.24) is 14.7 Å². The van der Waals surface area contributed by atoms with Gasteiger partial charge >= 0.3 is 0 Å². The van der Waals surface area contributed by atoms with E-state index in [0.717, 1.165) is 23.3 Å². The van der Waals surface area contributed by atoms with Crippen molar-refractivity contribution in [3.63, 3.8) is 0 Å². The summed E-state index contributed by atoms with van der Waals surface area (Å²) in [5, 5.41) is 4.36. The lowest BCUT2D eigenvalue weighted by atomic mass is 9.92. The third kappa shape index (κ3) is 4.17. The fourth-order valence-corrected chi connectivity index (χ4v) is 3.47. The van der Waals surface area contributed by atoms with Gasteiger partial charge in [-0.1, -0.05) is 29.8 Å². The van der Waals surface area contributed by atoms with Crippen LogP contribution in [0.25, 0.3) is 0 Å². The van der Waals surface area contributed by atoms with Crippen LogP contribution in [0.1, 0.15) is 30.8 Å². The Morgan fingerprint density at radius 1 is 1.21 bits per heavy atom. The van der Waals surface area contributed by atoms with Crippen LogP contribution in [0.3, 0.4) is 0 Å². The first-order valence-electron chi connectivity index (χ1n) is 8.22. The highest BCUT2D eigenvalue weighted by molar-refractivity contribution is 9.10. The Morgan fingerprint density at radius 3 is 2.54 bits per heavy atom. The zero-order chi connectivity index (χ0) is 17.1. The summed E-state index contributed by atoms with van der Waals surface area (Å²) in [7, 11) is 0. The summed E-state index contributed by atoms with van der Waals surface area (Å²) in [6.45, 7) is 6.29. The van der Waals surface area contributed by atoms with Gasteiger partial charge in [0.25, 0.3) is 5.91 Å². The molecule has 0 radical (unpaired) electrons. The standard InChI is InChI=1S/C18H22BrN3O2/c1-13-9-14(2)11-21(10-13)18(23)17-7-8-22(20-17)12-24-16-5-3-15(19)4-6-16/h3-8,13-14H,9-12H2,1-2H3. The minimum Gasteiger partial charge on any atom is -0.471 e. The van der Waals surface area contributed by atoms with Crippen molar-refractivity contribution in [3.05, 3.63) is 46.7 Å². The predicted octanol–water partition coefficient (Wildman–Crippen LogP) is 3.80. The average molecular weight is 392 g/mol. The van der Waals surface area contributed by atoms with E-state index in [4.69, 9.17) is 4.74 Å². The van der Waals surface area contributed by atoms with Gasteiger partial charge in [0.05, 0.1) is 0 Å². The minimum absolute atomic E-state index is 0.00999. The summed E-state index contributed by atoms with van der Waals surface area (Å²) >= 11 is 3.39. The number of ether oxygens (including phenoxy) is 1. The lowest BCUT2D eigenvalue weighted by molar-refractivity contribution is 0.0615. The van der Waals surface area contributed by atoms with Gasteiger partial charge in [0.2, 0.25) is 0 Å². The van der Waals surface area contributed by atoms with Crippen LogP contribution in [0.2, 0.25) is 0 Å². The van der Waals surface area contributed by atoms with Crippen molar-refractivity contribution in [2.45, 2.75) is 27.0 Å². The van der Waals surface area contributed by atoms with Crippen LogP contribution in [-0.2, 0) is 6.73 Å². The van der Waals surface area contributed by atoms with Crippen molar-refractivity contribution < 1.29 is 9.53 Å². The van der Waals surface area contributed by atoms with E-state index in [9.17, 15) is 4.79 Å². The Labute approximate surface area is 150 Å². The van der Waals surface area contributed by atoms with E-state index in [-0.39, 0.29) is 12.6 Å². The molecule has 1 aromatic carbocycles. The Morgan fingerprint density at radius 2 is 1.88 bits per heavy atom. The van der Waals surface area contributed by atoms with Crippen LogP contribution in [0.15, 0.2) is 41.0 Å². The fourth-order valence-electron chi connectivity index (χ4n) is 3.21. The first kappa shape index (κ1) is 17.0. The molecule has 0 N–H and O–H groups in total. The second-order valence-corrected chi connectivity index (χ2v) is 7.54. The third-order valence-corrected chi connectivity index (χ3v) is 4.72. The lowest BCUT2D eigenvalue weighted by Crippen LogP contribution is -2.42. The van der Waals surface area contributed by atoms with Crippen LogP contribution in [0.5, 0.6) is 5.75 Å². The molecule has 1 saturated heterocycles. The predicted molar refractivity (Wildman–Crippen MR) is 95.8 cm³/mol. The summed E-state index contributed by atoms with van der Waals surface area (Å²) in [6, 6.07) is 9.38. The number of carbonyl (C=O) groups excluding carboxylic acids is 1. The second-order valence-electron chi connectivity index (χ2n) is 6.62. The molecule has 6 heteroatoms. The highest BCUT2D eigenvalue weighted by atomic mass is 79.9. The van der Waals surface area contributed by atoms with Gasteiger partial charge in [0.15, 0.2) is 12.4 Å². The number of rotatable bonds is 4. The fraction of sp³-hybridized carbons (Fsp3) is 0.444. The number of nitrogens with zero attached hydrogens (tertiary/aromatic N) is 3. The number of halogens is 1. The van der Waals surface area contributed by atoms with Crippen LogP contribution in [0.4, 0.5) is 0 Å². The van der Waals surface area contributed by atoms with E-state index in [1.165, 1.54) is 6.42 Å². The molecule has 1 aliphatic heterocycles. The molecule has 0 saturated carbocycles. The Kier molecular flexibility index (Phi) is 5.23. The highest BCUT2D eigenvalue weighted by Crippen LogP contribution is 2.22. The van der Waals surface area contributed by atoms with Crippen LogP contribution >= 0.6 is 15.9 Å². The van der Waals surface area contributed by atoms with E-state index in [0.29, 0.717) is 17.5 Å². The number of amides is 1. The SMILES string of the molecule is CC1CC(C)CN(C(=O)c2ccn(COc3ccc(Br)cc3)n2)C1. The molecule has 1 aromatic heterocycles. The third-order valence-electron chi connectivity index (χ3n) is 4.19. The molecule has 5 nitrogen and oxygen atoms in total. The number of benzene rings is 1. The van der Waals surface area contributed by atoms with E-state index in [2.05, 4.69) is 34.9 Å². The first-order chi connectivity index (χ1) is 11.5. The normalized spacial score (nSPS) is 20.9. The topological polar surface area (TPSA) is 47.4 Å². The number of carbonyl (C=O) groups is 1. The van der Waals surface area contributed by atoms with Gasteiger partial charge in [0.1, 0.15) is 5.75 Å². The molecule has 0 spiro atoms. The number of piperidine rings is 1. The molecule has 24 heavy (non-hydrogen) atoms. The average Bonchev–Trinajstić information content (AvgIpc) is 3.01. The summed E-state index contributed by atoms with van der Waals surface area (Å²) < 4.78 is 8.33. The zero-order valence-corrected chi connectivity index (χ0v) is 15.6. The maximum Gasteiger partial charge on any atom is 0.274 e. The maximum absolute atomic E-state index is 12.6. The smallest absolute Gasteiger partial charge is 0.274 e. The molecule has 2 atom stereocenters. The number of aromatic nitrogens is 2. The number of hydrogen-bond acceptors (Lipinski definition) is 3. The molecular weight excluding hydrogens is 370 g/mol. The summed E-state index contributed by atoms with van der Waals surface area (Å²) in [6.07, 6.45) is 2.96. The first-order valence-corrected chi connectivity index (χ1v) is 9.01. The van der Waals surface area contributed by atoms with Gasteiger partial charge in [-0.15, -0.1) is 0 Å². The van der Waals surface area contributed by atoms with Crippen molar-refractivity contribution >= 4 is 21.8 Å². The van der Waals surface area contributed by atoms with E-state index in [1.54, 1.807) is 16.9 Å². The molecule has 0 bridgehead atoms. The Hall–Kier alpha value is -1.82. The minimum atomic E-state index is 0.00999. The molecule has 3 rings (SSSR count). The van der Waals surface area contributed by atoms with E-state index < -0.39 is 0 Å². The van der Waals surface area contributed by atoms with Crippen LogP contribution in [0, 0.1) is 11.8 Å². The molecular formula is C18H22BrN3O2. The number of likely N-dealkylation sites (tertiary alicyclic amines) is 1. The Bertz CT molecular complexity index is 689. The van der Waals surface area contributed by atoms with Crippen molar-refractivity contribution in [2.24, 2.45) is 11.8 Å². The largest absolute Gasteiger partial charge is 0.471 e. The van der Waals surface area contributed by atoms with Crippen molar-refractivity contribution in [1.29, 1.82) is 0 Å². The molecule has 1 fully saturated rings. The zero-order valence-electron chi connectivity index (χ0n) is 14.0. The van der Waals surface area contributed by atoms with Crippen molar-refractivity contribution in [3.8, 4) is 5.75 Å². The van der Waals surface area contributed by atoms with Gasteiger partial charge < -0.3 is 9.64 Å². The molecule has 2 unspecified atom stereocenters. The summed E-state index contributed by atoms with van der Waals surface area (Å²) in [5.41, 5.74) is 0.482. The van der Waals surface area contributed by atoms with Crippen LogP contribution < -0.4 is 4.74 Å². The second kappa shape index (κ2) is 7.38. The molecule has 1 aliphatic rings. The summed E-state index contributed by atoms with van der Waals surface area (Å²) in [5.74, 6) is 1.86. The van der Waals surface area contributed by atoms with E-state index >= 15 is 0 Å². The van der Waals surface area contributed by atoms with Gasteiger partial charge in [-0.3, -0.25) is 4.79 Å². The quantitative estimate of drug-likeness (QED) is 0.795. The molecule has 2 heterocycles. The van der Waals surface area contributed by atoms with Gasteiger partial charge in [-0.05, 0) is 48.6 Å². The lowest BCUT2D eigenvalue weighted by Gasteiger charge is -2.34. The van der Waals surface area contributed by atoms with Gasteiger partial charge in [-0.25, -0.2) is 4.68 Å². The summed E-state index contributed by atoms with van der Waals surface area (Å²) in [4.78, 5) is 14.5. The highest BCUT2D eigenvalue weighted by Gasteiger charge is 2.27. The molecule has 2 aromatic rings. The molecule has 1 amide bonds. The number of hydrogen-bond donors (Lipinski definition) is 0. The maximum atomic E-state index is 12.6. The monoisotopic (exact) mass is 391 g/mol. The van der Waals surface area contributed by atoms with Crippen LogP contribution in [-0.4, -0.2) is 33.7 Å². The van der Waals surface area contributed by atoms with Crippen molar-refractivity contribution in [2.75, 3.05) is 13.1 Å². The molecule has 0 aliphatic carbocycles. The van der Waals surface area contributed by atoms with E-state index in [1.807, 2.05) is 29.2 Å². The molecule has 128 valence electrons. The Balaban J connectivity index is 1.60. The van der Waals surface area contributed by atoms with Gasteiger partial charge in [-0.2, -0.15) is 5.10 Å².